The highest BCUT2D eigenvalue weighted by molar-refractivity contribution is 5.91. The van der Waals surface area contributed by atoms with Gasteiger partial charge in [-0.3, -0.25) is 10.1 Å². The summed E-state index contributed by atoms with van der Waals surface area (Å²) in [5.74, 6) is 0. The van der Waals surface area contributed by atoms with E-state index in [1.165, 1.54) is 5.39 Å². The van der Waals surface area contributed by atoms with Crippen molar-refractivity contribution in [2.75, 3.05) is 0 Å². The van der Waals surface area contributed by atoms with Crippen molar-refractivity contribution >= 4 is 46.6 Å². The van der Waals surface area contributed by atoms with Gasteiger partial charge in [0.05, 0.1) is 16.9 Å². The van der Waals surface area contributed by atoms with Crippen molar-refractivity contribution in [3.8, 4) is 0 Å². The van der Waals surface area contributed by atoms with Crippen LogP contribution in [0.3, 0.4) is 0 Å². The first-order chi connectivity index (χ1) is 13.8. The van der Waals surface area contributed by atoms with E-state index in [0.29, 0.717) is 0 Å². The number of nitrogens with zero attached hydrogens (tertiary/aromatic N) is 2. The van der Waals surface area contributed by atoms with E-state index in [9.17, 15) is 0 Å². The van der Waals surface area contributed by atoms with Crippen LogP contribution in [0.1, 0.15) is 17.0 Å². The zero-order valence-corrected chi connectivity index (χ0v) is 15.2. The molecule has 0 amide bonds. The Balaban J connectivity index is 1.55. The van der Waals surface area contributed by atoms with Crippen molar-refractivity contribution in [1.82, 2.24) is 20.2 Å². The minimum Gasteiger partial charge on any atom is -0.355 e. The molecule has 28 heavy (non-hydrogen) atoms. The first-order valence-electron chi connectivity index (χ1n) is 9.12. The Kier molecular flexibility index (Phi) is 3.87. The maximum absolute atomic E-state index is 4.44. The maximum Gasteiger partial charge on any atom is 0.0928 e. The fraction of sp³-hybridized carbons (Fsp3) is 0. The molecule has 4 heteroatoms. The predicted octanol–water partition coefficient (Wildman–Crippen LogP) is 3.85. The van der Waals surface area contributed by atoms with E-state index in [1.807, 2.05) is 42.5 Å². The lowest BCUT2D eigenvalue weighted by molar-refractivity contribution is 1.11. The lowest BCUT2D eigenvalue weighted by atomic mass is 10.1. The number of aromatic amines is 2. The third kappa shape index (κ3) is 2.91. The molecule has 0 aliphatic heterocycles. The van der Waals surface area contributed by atoms with Crippen LogP contribution in [0.15, 0.2) is 66.9 Å². The summed E-state index contributed by atoms with van der Waals surface area (Å²) in [5.41, 5.74) is 5.01. The average Bonchev–Trinajstić information content (AvgIpc) is 3.28. The maximum atomic E-state index is 4.44. The summed E-state index contributed by atoms with van der Waals surface area (Å²) in [6.45, 7) is 4.15. The number of hydrogen-bond donors (Lipinski definition) is 2. The van der Waals surface area contributed by atoms with Crippen LogP contribution in [-0.4, -0.2) is 20.2 Å². The first kappa shape index (κ1) is 16.3. The molecule has 0 aliphatic rings. The molecule has 5 aromatic rings. The van der Waals surface area contributed by atoms with Gasteiger partial charge in [-0.1, -0.05) is 36.9 Å². The number of nitrogens with one attached hydrogen (secondary N) is 2. The summed E-state index contributed by atoms with van der Waals surface area (Å²) in [6.07, 6.45) is 7.89. The number of hydrogen-bond acceptors (Lipinski definition) is 2. The van der Waals surface area contributed by atoms with E-state index in [-0.39, 0.29) is 0 Å². The Morgan fingerprint density at radius 2 is 1.75 bits per heavy atom. The summed E-state index contributed by atoms with van der Waals surface area (Å²) in [6, 6.07) is 20.4. The van der Waals surface area contributed by atoms with Gasteiger partial charge in [-0.15, -0.1) is 0 Å². The molecular weight excluding hydrogens is 344 g/mol. The van der Waals surface area contributed by atoms with Crippen LogP contribution >= 0.6 is 0 Å². The van der Waals surface area contributed by atoms with E-state index in [4.69, 9.17) is 0 Å². The van der Waals surface area contributed by atoms with E-state index < -0.39 is 0 Å². The van der Waals surface area contributed by atoms with Crippen LogP contribution in [0, 0.1) is 0 Å². The molecule has 2 N–H and O–H groups in total. The van der Waals surface area contributed by atoms with Gasteiger partial charge in [0.25, 0.3) is 0 Å². The van der Waals surface area contributed by atoms with Crippen LogP contribution in [0.4, 0.5) is 0 Å². The van der Waals surface area contributed by atoms with E-state index >= 15 is 0 Å². The summed E-state index contributed by atoms with van der Waals surface area (Å²) < 4.78 is 0. The number of H-pyrrole nitrogens is 2. The fourth-order valence-electron chi connectivity index (χ4n) is 3.47. The lowest BCUT2D eigenvalue weighted by Gasteiger charge is -1.95. The Hall–Kier alpha value is -3.92. The smallest absolute Gasteiger partial charge is 0.0928 e. The van der Waals surface area contributed by atoms with E-state index in [1.54, 1.807) is 6.20 Å². The van der Waals surface area contributed by atoms with Gasteiger partial charge in [0.15, 0.2) is 0 Å². The van der Waals surface area contributed by atoms with Crippen molar-refractivity contribution in [2.45, 2.75) is 0 Å². The van der Waals surface area contributed by atoms with Gasteiger partial charge >= 0.3 is 0 Å². The molecule has 5 rings (SSSR count). The molecule has 0 bridgehead atoms. The van der Waals surface area contributed by atoms with Crippen molar-refractivity contribution in [3.05, 3.63) is 94.4 Å². The monoisotopic (exact) mass is 362 g/mol. The molecule has 0 aliphatic carbocycles. The van der Waals surface area contributed by atoms with Crippen molar-refractivity contribution in [1.29, 1.82) is 0 Å². The zero-order chi connectivity index (χ0) is 18.9. The molecule has 134 valence electrons. The van der Waals surface area contributed by atoms with Crippen LogP contribution < -0.4 is 10.6 Å². The van der Waals surface area contributed by atoms with Crippen LogP contribution in [-0.2, 0) is 0 Å². The molecule has 4 nitrogen and oxygen atoms in total. The number of pyridine rings is 1. The van der Waals surface area contributed by atoms with Crippen molar-refractivity contribution < 1.29 is 0 Å². The minimum atomic E-state index is 0.900. The predicted molar refractivity (Wildman–Crippen MR) is 116 cm³/mol. The topological polar surface area (TPSA) is 57.4 Å². The SMILES string of the molecule is C=c1[nH]c2ccccc2/c1=C\c1ccc2c(/C=C/c3ccccn3)n[nH]c2c1. The van der Waals surface area contributed by atoms with Gasteiger partial charge in [0.1, 0.15) is 0 Å². The van der Waals surface area contributed by atoms with E-state index in [2.05, 4.69) is 63.2 Å². The summed E-state index contributed by atoms with van der Waals surface area (Å²) >= 11 is 0. The van der Waals surface area contributed by atoms with Crippen molar-refractivity contribution in [3.63, 3.8) is 0 Å². The molecule has 3 heterocycles. The van der Waals surface area contributed by atoms with Crippen LogP contribution in [0.5, 0.6) is 0 Å². The first-order valence-corrected chi connectivity index (χ1v) is 9.12. The quantitative estimate of drug-likeness (QED) is 0.512. The molecule has 0 fully saturated rings. The van der Waals surface area contributed by atoms with Gasteiger partial charge in [-0.05, 0) is 54.1 Å². The Morgan fingerprint density at radius 3 is 2.64 bits per heavy atom. The zero-order valence-electron chi connectivity index (χ0n) is 15.2. The minimum absolute atomic E-state index is 0.900. The molecule has 0 radical (unpaired) electrons. The molecular formula is C24H18N4. The molecule has 0 spiro atoms. The fourth-order valence-corrected chi connectivity index (χ4v) is 3.47. The second kappa shape index (κ2) is 6.67. The molecule has 3 aromatic heterocycles. The normalized spacial score (nSPS) is 12.5. The Bertz CT molecular complexity index is 1420. The molecule has 0 saturated carbocycles. The highest BCUT2D eigenvalue weighted by Crippen LogP contribution is 2.20. The summed E-state index contributed by atoms with van der Waals surface area (Å²) in [4.78, 5) is 7.65. The summed E-state index contributed by atoms with van der Waals surface area (Å²) in [7, 11) is 0. The number of aromatic nitrogens is 4. The number of para-hydroxylation sites is 1. The van der Waals surface area contributed by atoms with E-state index in [0.717, 1.165) is 43.9 Å². The lowest BCUT2D eigenvalue weighted by Crippen LogP contribution is -2.20. The van der Waals surface area contributed by atoms with Gasteiger partial charge in [-0.25, -0.2) is 0 Å². The van der Waals surface area contributed by atoms with Crippen molar-refractivity contribution in [2.24, 2.45) is 0 Å². The number of benzene rings is 2. The third-order valence-electron chi connectivity index (χ3n) is 4.86. The van der Waals surface area contributed by atoms with Gasteiger partial charge in [-0.2, -0.15) is 5.10 Å². The molecule has 0 saturated heterocycles. The number of rotatable bonds is 3. The Morgan fingerprint density at radius 1 is 0.857 bits per heavy atom. The van der Waals surface area contributed by atoms with Crippen LogP contribution in [0.25, 0.3) is 46.6 Å². The standard InChI is InChI=1S/C24H18N4/c1-16-21(19-7-2-3-8-22(19)26-16)14-17-9-11-20-23(27-28-24(20)15-17)12-10-18-6-4-5-13-25-18/h2-15,26H,1H2,(H,27,28)/b12-10+,21-14-. The molecule has 2 aromatic carbocycles. The van der Waals surface area contributed by atoms with Crippen LogP contribution in [0.2, 0.25) is 0 Å². The highest BCUT2D eigenvalue weighted by atomic mass is 15.1. The molecule has 0 atom stereocenters. The third-order valence-corrected chi connectivity index (χ3v) is 4.86. The molecule has 0 unspecified atom stereocenters. The second-order valence-corrected chi connectivity index (χ2v) is 6.71. The largest absolute Gasteiger partial charge is 0.355 e. The Labute approximate surface area is 161 Å². The average molecular weight is 362 g/mol. The number of fused-ring (bicyclic) bond motifs is 2. The van der Waals surface area contributed by atoms with Gasteiger partial charge in [0, 0.05) is 33.1 Å². The second-order valence-electron chi connectivity index (χ2n) is 6.71. The highest BCUT2D eigenvalue weighted by Gasteiger charge is 2.04. The summed E-state index contributed by atoms with van der Waals surface area (Å²) in [5, 5.41) is 11.9. The van der Waals surface area contributed by atoms with Gasteiger partial charge < -0.3 is 4.98 Å². The van der Waals surface area contributed by atoms with Gasteiger partial charge in [0.2, 0.25) is 0 Å².